The molecule has 1 aliphatic rings. The standard InChI is InChI=1S/C54H97O12P/c1-3-5-7-9-11-13-15-17-19-21-22-23-24-25-26-27-28-30-32-34-36-38-40-42-44-63-45-47(46-64-67(61,62)66-54-52(59)50(57)49(56)51(58)53(54)60)65-48(55)43-41-39-37-35-33-31-29-20-18-16-14-12-10-8-6-4-2/h5,7,11,13,17,19-20,22-23,29,47,49-54,56-60H,3-4,6,8-10,12,14-16,18,21,24-28,30-46H2,1-2H3,(H,61,62)/b7-5-,13-11-,19-17-,23-22-,29-20-. The molecule has 1 saturated carbocycles. The van der Waals surface area contributed by atoms with Crippen molar-refractivity contribution in [3.05, 3.63) is 60.8 Å². The van der Waals surface area contributed by atoms with E-state index >= 15 is 0 Å². The monoisotopic (exact) mass is 969 g/mol. The summed E-state index contributed by atoms with van der Waals surface area (Å²) in [5.41, 5.74) is 0. The van der Waals surface area contributed by atoms with Crippen LogP contribution in [0.25, 0.3) is 0 Å². The number of rotatable bonds is 45. The van der Waals surface area contributed by atoms with E-state index in [1.165, 1.54) is 96.3 Å². The minimum Gasteiger partial charge on any atom is -0.457 e. The van der Waals surface area contributed by atoms with Gasteiger partial charge in [0, 0.05) is 13.0 Å². The molecule has 0 bridgehead atoms. The Morgan fingerprint density at radius 3 is 1.36 bits per heavy atom. The van der Waals surface area contributed by atoms with E-state index in [1.54, 1.807) is 0 Å². The van der Waals surface area contributed by atoms with Gasteiger partial charge >= 0.3 is 13.8 Å². The summed E-state index contributed by atoms with van der Waals surface area (Å²) in [6.07, 6.45) is 44.3. The molecule has 1 rings (SSSR count). The molecule has 0 aromatic rings. The van der Waals surface area contributed by atoms with Crippen LogP contribution in [0.2, 0.25) is 0 Å². The summed E-state index contributed by atoms with van der Waals surface area (Å²) in [6.45, 7) is 4.15. The Morgan fingerprint density at radius 2 is 0.881 bits per heavy atom. The zero-order chi connectivity index (χ0) is 49.1. The average molecular weight is 969 g/mol. The molecule has 0 spiro atoms. The lowest BCUT2D eigenvalue weighted by atomic mass is 9.85. The van der Waals surface area contributed by atoms with Crippen molar-refractivity contribution < 1.29 is 58.3 Å². The number of carbonyl (C=O) groups excluding carboxylic acids is 1. The van der Waals surface area contributed by atoms with Crippen LogP contribution in [0.5, 0.6) is 0 Å². The lowest BCUT2D eigenvalue weighted by Gasteiger charge is -2.41. The minimum atomic E-state index is -5.03. The van der Waals surface area contributed by atoms with E-state index in [1.807, 2.05) is 0 Å². The van der Waals surface area contributed by atoms with Crippen LogP contribution in [0, 0.1) is 0 Å². The van der Waals surface area contributed by atoms with E-state index in [2.05, 4.69) is 74.6 Å². The molecule has 1 fully saturated rings. The van der Waals surface area contributed by atoms with E-state index < -0.39 is 63.1 Å². The van der Waals surface area contributed by atoms with Crippen LogP contribution in [-0.4, -0.2) is 98.9 Å². The molecule has 0 saturated heterocycles. The third-order valence-electron chi connectivity index (χ3n) is 12.1. The second kappa shape index (κ2) is 44.0. The van der Waals surface area contributed by atoms with Gasteiger partial charge in [0.25, 0.3) is 0 Å². The fourth-order valence-corrected chi connectivity index (χ4v) is 8.90. The maximum absolute atomic E-state index is 12.9. The zero-order valence-electron chi connectivity index (χ0n) is 41.9. The van der Waals surface area contributed by atoms with Gasteiger partial charge in [-0.05, 0) is 77.0 Å². The molecule has 0 aliphatic heterocycles. The maximum atomic E-state index is 12.9. The topological polar surface area (TPSA) is 192 Å². The second-order valence-electron chi connectivity index (χ2n) is 18.3. The van der Waals surface area contributed by atoms with Crippen LogP contribution < -0.4 is 0 Å². The molecule has 12 nitrogen and oxygen atoms in total. The number of phosphoric acid groups is 1. The molecule has 1 aliphatic carbocycles. The van der Waals surface area contributed by atoms with Crippen LogP contribution in [0.1, 0.15) is 213 Å². The van der Waals surface area contributed by atoms with Crippen LogP contribution in [0.3, 0.4) is 0 Å². The molecule has 390 valence electrons. The van der Waals surface area contributed by atoms with Crippen molar-refractivity contribution in [2.24, 2.45) is 0 Å². The van der Waals surface area contributed by atoms with Crippen molar-refractivity contribution in [2.75, 3.05) is 19.8 Å². The Balaban J connectivity index is 2.31. The van der Waals surface area contributed by atoms with Crippen molar-refractivity contribution >= 4 is 13.8 Å². The summed E-state index contributed by atoms with van der Waals surface area (Å²) < 4.78 is 34.3. The van der Waals surface area contributed by atoms with Gasteiger partial charge in [-0.2, -0.15) is 0 Å². The van der Waals surface area contributed by atoms with Crippen molar-refractivity contribution in [1.82, 2.24) is 0 Å². The number of allylic oxidation sites excluding steroid dienone is 10. The van der Waals surface area contributed by atoms with Gasteiger partial charge in [0.2, 0.25) is 0 Å². The van der Waals surface area contributed by atoms with Crippen molar-refractivity contribution in [1.29, 1.82) is 0 Å². The first-order chi connectivity index (χ1) is 32.5. The summed E-state index contributed by atoms with van der Waals surface area (Å²) in [6, 6.07) is 0. The van der Waals surface area contributed by atoms with Crippen LogP contribution >= 0.6 is 7.82 Å². The first kappa shape index (κ1) is 63.1. The van der Waals surface area contributed by atoms with Crippen molar-refractivity contribution in [3.63, 3.8) is 0 Å². The van der Waals surface area contributed by atoms with Gasteiger partial charge in [-0.25, -0.2) is 4.57 Å². The first-order valence-corrected chi connectivity index (χ1v) is 28.1. The molecule has 0 aromatic heterocycles. The fraction of sp³-hybridized carbons (Fsp3) is 0.796. The van der Waals surface area contributed by atoms with Gasteiger partial charge in [0.1, 0.15) is 42.7 Å². The highest BCUT2D eigenvalue weighted by molar-refractivity contribution is 7.47. The first-order valence-electron chi connectivity index (χ1n) is 26.6. The highest BCUT2D eigenvalue weighted by atomic mass is 31.2. The summed E-state index contributed by atoms with van der Waals surface area (Å²) in [5, 5.41) is 50.3. The van der Waals surface area contributed by atoms with Crippen LogP contribution in [-0.2, 0) is 27.9 Å². The fourth-order valence-electron chi connectivity index (χ4n) is 7.93. The van der Waals surface area contributed by atoms with E-state index in [-0.39, 0.29) is 13.0 Å². The SMILES string of the molecule is CC/C=C\C/C=C\C/C=C\C/C=C\CCCCCCCCCCCCCOCC(COP(=O)(O)OC1C(O)C(O)C(O)C(O)C1O)OC(=O)CCCCCCC/C=C\CCCCCCCCC. The molecular formula is C54H97O12P. The number of aliphatic hydroxyl groups excluding tert-OH is 5. The zero-order valence-corrected chi connectivity index (χ0v) is 42.8. The van der Waals surface area contributed by atoms with Gasteiger partial charge in [-0.1, -0.05) is 190 Å². The summed E-state index contributed by atoms with van der Waals surface area (Å²) in [7, 11) is -5.03. The van der Waals surface area contributed by atoms with E-state index in [0.717, 1.165) is 89.9 Å². The Kier molecular flexibility index (Phi) is 41.4. The predicted octanol–water partition coefficient (Wildman–Crippen LogP) is 12.1. The highest BCUT2D eigenvalue weighted by Crippen LogP contribution is 2.47. The Morgan fingerprint density at radius 1 is 0.493 bits per heavy atom. The molecule has 67 heavy (non-hydrogen) atoms. The third kappa shape index (κ3) is 35.7. The molecular weight excluding hydrogens is 872 g/mol. The lowest BCUT2D eigenvalue weighted by Crippen LogP contribution is -2.64. The molecule has 0 amide bonds. The minimum absolute atomic E-state index is 0.0834. The number of ether oxygens (including phenoxy) is 2. The molecule has 0 heterocycles. The van der Waals surface area contributed by atoms with Gasteiger partial charge < -0.3 is 39.9 Å². The van der Waals surface area contributed by atoms with E-state index in [0.29, 0.717) is 13.0 Å². The lowest BCUT2D eigenvalue weighted by molar-refractivity contribution is -0.220. The summed E-state index contributed by atoms with van der Waals surface area (Å²) in [5.74, 6) is -0.487. The van der Waals surface area contributed by atoms with Gasteiger partial charge in [-0.3, -0.25) is 13.8 Å². The van der Waals surface area contributed by atoms with Gasteiger partial charge in [0.15, 0.2) is 0 Å². The quantitative estimate of drug-likeness (QED) is 0.0147. The molecule has 6 atom stereocenters. The van der Waals surface area contributed by atoms with Crippen LogP contribution in [0.4, 0.5) is 0 Å². The van der Waals surface area contributed by atoms with E-state index in [4.69, 9.17) is 18.5 Å². The Hall–Kier alpha value is -1.96. The van der Waals surface area contributed by atoms with E-state index in [9.17, 15) is 39.8 Å². The highest BCUT2D eigenvalue weighted by Gasteiger charge is 2.51. The summed E-state index contributed by atoms with van der Waals surface area (Å²) >= 11 is 0. The third-order valence-corrected chi connectivity index (χ3v) is 13.1. The summed E-state index contributed by atoms with van der Waals surface area (Å²) in [4.78, 5) is 23.2. The van der Waals surface area contributed by atoms with Crippen LogP contribution in [0.15, 0.2) is 60.8 Å². The number of aliphatic hydroxyl groups is 5. The number of hydrogen-bond acceptors (Lipinski definition) is 11. The number of hydrogen-bond donors (Lipinski definition) is 6. The Bertz CT molecular complexity index is 1340. The van der Waals surface area contributed by atoms with Crippen molar-refractivity contribution in [3.8, 4) is 0 Å². The smallest absolute Gasteiger partial charge is 0.457 e. The number of carbonyl (C=O) groups is 1. The number of esters is 1. The Labute approximate surface area is 407 Å². The molecule has 0 aromatic carbocycles. The predicted molar refractivity (Wildman–Crippen MR) is 272 cm³/mol. The number of unbranched alkanes of at least 4 members (excludes halogenated alkanes) is 23. The molecule has 6 unspecified atom stereocenters. The van der Waals surface area contributed by atoms with Gasteiger partial charge in [-0.15, -0.1) is 0 Å². The molecule has 13 heteroatoms. The van der Waals surface area contributed by atoms with Gasteiger partial charge in [0.05, 0.1) is 13.2 Å². The molecule has 6 N–H and O–H groups in total. The largest absolute Gasteiger partial charge is 0.472 e. The maximum Gasteiger partial charge on any atom is 0.472 e. The normalized spacial score (nSPS) is 21.7. The second-order valence-corrected chi connectivity index (χ2v) is 19.7. The number of phosphoric ester groups is 1. The molecule has 0 radical (unpaired) electrons. The average Bonchev–Trinajstić information content (AvgIpc) is 3.31. The van der Waals surface area contributed by atoms with Crippen molar-refractivity contribution in [2.45, 2.75) is 256 Å².